The first kappa shape index (κ1) is 24.1. The summed E-state index contributed by atoms with van der Waals surface area (Å²) in [6, 6.07) is 12.2. The minimum atomic E-state index is -1.39. The predicted molar refractivity (Wildman–Crippen MR) is 123 cm³/mol. The Hall–Kier alpha value is -3.08. The third-order valence-electron chi connectivity index (χ3n) is 6.64. The molecule has 0 saturated heterocycles. The van der Waals surface area contributed by atoms with Crippen molar-refractivity contribution in [2.75, 3.05) is 30.3 Å². The minimum absolute atomic E-state index is 0. The van der Waals surface area contributed by atoms with Gasteiger partial charge in [-0.15, -0.1) is 0 Å². The first-order valence-corrected chi connectivity index (χ1v) is 10.9. The van der Waals surface area contributed by atoms with Gasteiger partial charge in [0.1, 0.15) is 17.1 Å². The number of fused-ring (bicyclic) bond motifs is 1. The number of aliphatic hydroxyl groups excluding tert-OH is 1. The lowest BCUT2D eigenvalue weighted by atomic mass is 9.86. The summed E-state index contributed by atoms with van der Waals surface area (Å²) in [4.78, 5) is 15.9. The fourth-order valence-electron chi connectivity index (χ4n) is 5.04. The summed E-state index contributed by atoms with van der Waals surface area (Å²) in [6.07, 6.45) is 6.65. The Bertz CT molecular complexity index is 1140. The number of ketones is 1. The highest BCUT2D eigenvalue weighted by Crippen LogP contribution is 2.55. The van der Waals surface area contributed by atoms with Crippen molar-refractivity contribution < 1.29 is 37.5 Å². The van der Waals surface area contributed by atoms with E-state index in [9.17, 15) is 20.3 Å². The average molecular weight is 487 g/mol. The molecule has 2 aromatic rings. The third-order valence-corrected chi connectivity index (χ3v) is 6.64. The highest BCUT2D eigenvalue weighted by Gasteiger charge is 2.66. The lowest BCUT2D eigenvalue weighted by Crippen LogP contribution is -3.00. The Labute approximate surface area is 203 Å². The number of carbonyl (C=O) groups excluding carboxylic acids is 1. The summed E-state index contributed by atoms with van der Waals surface area (Å²) < 4.78 is 4.50. The van der Waals surface area contributed by atoms with Crippen LogP contribution < -0.4 is 32.0 Å². The van der Waals surface area contributed by atoms with Crippen LogP contribution in [0.25, 0.3) is 0 Å². The molecule has 0 spiro atoms. The molecule has 180 valence electrons. The van der Waals surface area contributed by atoms with Crippen LogP contribution in [0.15, 0.2) is 67.0 Å². The van der Waals surface area contributed by atoms with Gasteiger partial charge in [-0.2, -0.15) is 15.3 Å². The molecule has 2 aromatic carbocycles. The smallest absolute Gasteiger partial charge is 0.246 e. The molecule has 2 bridgehead atoms. The number of Topliss-reactive ketones (excluding diaryl/α,β-unsaturated/α-hetero) is 1. The van der Waals surface area contributed by atoms with E-state index >= 15 is 0 Å². The molecule has 3 heterocycles. The minimum Gasteiger partial charge on any atom is -1.00 e. The van der Waals surface area contributed by atoms with Gasteiger partial charge in [-0.3, -0.25) is 10.0 Å². The number of nitrogens with zero attached hydrogens (tertiary/aromatic N) is 4. The van der Waals surface area contributed by atoms with Gasteiger partial charge < -0.3 is 27.2 Å². The maximum Gasteiger partial charge on any atom is 0.246 e. The fraction of sp³-hybridized carbons (Fsp3) is 0.292. The van der Waals surface area contributed by atoms with Gasteiger partial charge in [-0.1, -0.05) is 6.92 Å². The van der Waals surface area contributed by atoms with Crippen LogP contribution in [-0.4, -0.2) is 58.2 Å². The molecule has 0 aliphatic carbocycles. The van der Waals surface area contributed by atoms with Crippen molar-refractivity contribution >= 4 is 22.8 Å². The Balaban J connectivity index is 0.00000274. The quantitative estimate of drug-likeness (QED) is 0.373. The van der Waals surface area contributed by atoms with Crippen LogP contribution in [0.4, 0.5) is 17.1 Å². The van der Waals surface area contributed by atoms with Gasteiger partial charge >= 0.3 is 0 Å². The molecule has 34 heavy (non-hydrogen) atoms. The SMILES string of the molecule is CCC1N(O)c2ccc3cc2[N+]1(O)N3C1(C(=O)c2ccc(OC)cc2)C=CN(CCO)C=C1.[Cl-]. The molecule has 10 heteroatoms. The molecule has 3 N–H and O–H groups in total. The van der Waals surface area contributed by atoms with Gasteiger partial charge in [0, 0.05) is 37.0 Å². The van der Waals surface area contributed by atoms with Crippen LogP contribution in [0.3, 0.4) is 0 Å². The molecular weight excluding hydrogens is 460 g/mol. The van der Waals surface area contributed by atoms with Gasteiger partial charge in [0.05, 0.1) is 13.7 Å². The Morgan fingerprint density at radius 2 is 1.82 bits per heavy atom. The number of rotatable bonds is 7. The van der Waals surface area contributed by atoms with Crippen molar-refractivity contribution in [1.82, 2.24) is 9.66 Å². The molecule has 0 amide bonds. The van der Waals surface area contributed by atoms with Crippen molar-refractivity contribution in [2.24, 2.45) is 0 Å². The summed E-state index contributed by atoms with van der Waals surface area (Å²) in [5, 5.41) is 34.9. The molecule has 2 atom stereocenters. The van der Waals surface area contributed by atoms with E-state index in [-0.39, 0.29) is 24.8 Å². The normalized spacial score (nSPS) is 23.3. The van der Waals surface area contributed by atoms with Gasteiger partial charge in [0.2, 0.25) is 17.6 Å². The standard InChI is InChI=1S/C24H27N4O5.ClH/c1-3-22-26(31)20-9-6-18-16-21(20)28(22,32)27(18)24(10-12-25(13-11-24)14-15-29)23(30)17-4-7-19(33-2)8-5-17;/h4-13,16,22,29,31-32H,3,14-15H2,1-2H3;1H/q+1;/p-1. The first-order valence-electron chi connectivity index (χ1n) is 10.9. The molecular formula is C24H27ClN4O5. The summed E-state index contributed by atoms with van der Waals surface area (Å²) >= 11 is 0. The van der Waals surface area contributed by atoms with Crippen LogP contribution in [-0.2, 0) is 0 Å². The number of carbonyl (C=O) groups is 1. The number of benzene rings is 2. The van der Waals surface area contributed by atoms with Crippen molar-refractivity contribution in [3.05, 3.63) is 72.6 Å². The summed E-state index contributed by atoms with van der Waals surface area (Å²) in [5.41, 5.74) is 0.744. The number of ether oxygens (including phenoxy) is 1. The van der Waals surface area contributed by atoms with E-state index in [1.54, 1.807) is 84.0 Å². The van der Waals surface area contributed by atoms with Crippen LogP contribution >= 0.6 is 0 Å². The van der Waals surface area contributed by atoms with E-state index in [1.807, 2.05) is 6.92 Å². The number of hydrogen-bond donors (Lipinski definition) is 3. The van der Waals surface area contributed by atoms with Crippen molar-refractivity contribution in [3.8, 4) is 5.75 Å². The van der Waals surface area contributed by atoms with Gasteiger partial charge in [-0.25, -0.2) is 0 Å². The second kappa shape index (κ2) is 8.61. The zero-order valence-corrected chi connectivity index (χ0v) is 19.6. The highest BCUT2D eigenvalue weighted by atomic mass is 35.5. The second-order valence-corrected chi connectivity index (χ2v) is 8.34. The summed E-state index contributed by atoms with van der Waals surface area (Å²) in [6.45, 7) is 2.21. The largest absolute Gasteiger partial charge is 1.00 e. The van der Waals surface area contributed by atoms with Gasteiger partial charge in [0.15, 0.2) is 5.54 Å². The van der Waals surface area contributed by atoms with E-state index < -0.39 is 16.5 Å². The molecule has 0 fully saturated rings. The van der Waals surface area contributed by atoms with E-state index in [2.05, 4.69) is 0 Å². The number of hydroxylamine groups is 2. The van der Waals surface area contributed by atoms with Crippen LogP contribution in [0.2, 0.25) is 0 Å². The number of quaternary nitrogens is 1. The van der Waals surface area contributed by atoms with E-state index in [1.165, 1.54) is 0 Å². The third kappa shape index (κ3) is 3.13. The maximum atomic E-state index is 14.1. The number of hydrogen-bond acceptors (Lipinski definition) is 8. The predicted octanol–water partition coefficient (Wildman–Crippen LogP) is 0.0330. The fourth-order valence-corrected chi connectivity index (χ4v) is 5.04. The summed E-state index contributed by atoms with van der Waals surface area (Å²) in [5.74, 6) is 0.386. The highest BCUT2D eigenvalue weighted by molar-refractivity contribution is 6.09. The average Bonchev–Trinajstić information content (AvgIpc) is 3.19. The lowest BCUT2D eigenvalue weighted by molar-refractivity contribution is -0.133. The number of β-amino-alcohol motifs (C(OH)–C–C–N with tert-alkyl or cyclic N) is 1. The Morgan fingerprint density at radius 3 is 2.41 bits per heavy atom. The van der Waals surface area contributed by atoms with Crippen molar-refractivity contribution in [1.29, 1.82) is 0 Å². The van der Waals surface area contributed by atoms with Crippen molar-refractivity contribution in [2.45, 2.75) is 25.0 Å². The van der Waals surface area contributed by atoms with E-state index in [0.29, 0.717) is 41.3 Å². The molecule has 0 aromatic heterocycles. The van der Waals surface area contributed by atoms with E-state index in [0.717, 1.165) is 5.06 Å². The molecule has 9 nitrogen and oxygen atoms in total. The number of methoxy groups -OCH3 is 1. The monoisotopic (exact) mass is 486 g/mol. The molecule has 3 aliphatic heterocycles. The Kier molecular flexibility index (Phi) is 6.09. The summed E-state index contributed by atoms with van der Waals surface area (Å²) in [7, 11) is 1.56. The lowest BCUT2D eigenvalue weighted by Gasteiger charge is -2.46. The molecule has 2 unspecified atom stereocenters. The van der Waals surface area contributed by atoms with Gasteiger partial charge in [-0.05, 0) is 53.3 Å². The molecule has 0 saturated carbocycles. The number of halogens is 1. The molecule has 3 aliphatic rings. The number of anilines is 2. The molecule has 5 rings (SSSR count). The maximum absolute atomic E-state index is 14.1. The van der Waals surface area contributed by atoms with Crippen molar-refractivity contribution in [3.63, 3.8) is 0 Å². The van der Waals surface area contributed by atoms with Crippen LogP contribution in [0, 0.1) is 0 Å². The van der Waals surface area contributed by atoms with Crippen LogP contribution in [0.1, 0.15) is 23.7 Å². The van der Waals surface area contributed by atoms with Crippen LogP contribution in [0.5, 0.6) is 5.75 Å². The topological polar surface area (TPSA) is 96.7 Å². The Morgan fingerprint density at radius 1 is 1.15 bits per heavy atom. The second-order valence-electron chi connectivity index (χ2n) is 8.34. The van der Waals surface area contributed by atoms with E-state index in [4.69, 9.17) is 4.74 Å². The molecule has 0 radical (unpaired) electrons. The van der Waals surface area contributed by atoms with Gasteiger partial charge in [0.25, 0.3) is 0 Å². The zero-order valence-electron chi connectivity index (χ0n) is 18.9. The zero-order chi connectivity index (χ0) is 23.4. The number of aliphatic hydroxyl groups is 1. The first-order chi connectivity index (χ1) is 15.9.